The first-order valence-corrected chi connectivity index (χ1v) is 9.41. The highest BCUT2D eigenvalue weighted by atomic mass is 35.5. The van der Waals surface area contributed by atoms with Gasteiger partial charge in [-0.1, -0.05) is 23.2 Å². The molecule has 1 aliphatic rings. The topological polar surface area (TPSA) is 53.5 Å². The van der Waals surface area contributed by atoms with E-state index in [0.29, 0.717) is 46.7 Å². The first-order chi connectivity index (χ1) is 11.9. The Bertz CT molecular complexity index is 829. The standard InChI is InChI=1S/C17H17Cl2N3O2S/c1-10-15(25-11(2)20-10)17(24)22-7-5-21(6-8-22)16(23)12-3-4-13(18)14(19)9-12/h3-4,9H,5-8H2,1-2H3. The molecule has 0 radical (unpaired) electrons. The maximum atomic E-state index is 12.6. The molecular weight excluding hydrogens is 381 g/mol. The third kappa shape index (κ3) is 3.81. The van der Waals surface area contributed by atoms with Crippen LogP contribution in [0.5, 0.6) is 0 Å². The number of hydrogen-bond acceptors (Lipinski definition) is 4. The maximum absolute atomic E-state index is 12.6. The number of thiazole rings is 1. The van der Waals surface area contributed by atoms with Crippen LogP contribution in [0.4, 0.5) is 0 Å². The number of halogens is 2. The van der Waals surface area contributed by atoms with Crippen molar-refractivity contribution in [1.82, 2.24) is 14.8 Å². The minimum atomic E-state index is -0.101. The summed E-state index contributed by atoms with van der Waals surface area (Å²) in [5.74, 6) is -0.111. The fourth-order valence-corrected chi connectivity index (χ4v) is 3.98. The van der Waals surface area contributed by atoms with Crippen LogP contribution in [0.2, 0.25) is 10.0 Å². The average molecular weight is 398 g/mol. The quantitative estimate of drug-likeness (QED) is 0.776. The second-order valence-corrected chi connectivity index (χ2v) is 7.88. The summed E-state index contributed by atoms with van der Waals surface area (Å²) in [6.07, 6.45) is 0. The lowest BCUT2D eigenvalue weighted by molar-refractivity contribution is 0.0537. The molecule has 0 atom stereocenters. The van der Waals surface area contributed by atoms with E-state index in [0.717, 1.165) is 10.7 Å². The summed E-state index contributed by atoms with van der Waals surface area (Å²) in [6.45, 7) is 5.72. The third-order valence-electron chi connectivity index (χ3n) is 4.12. The summed E-state index contributed by atoms with van der Waals surface area (Å²) in [5, 5.41) is 1.66. The van der Waals surface area contributed by atoms with Gasteiger partial charge in [-0.3, -0.25) is 9.59 Å². The molecule has 1 aromatic carbocycles. The molecule has 3 rings (SSSR count). The molecule has 0 aliphatic carbocycles. The van der Waals surface area contributed by atoms with Crippen molar-refractivity contribution in [1.29, 1.82) is 0 Å². The maximum Gasteiger partial charge on any atom is 0.265 e. The van der Waals surface area contributed by atoms with Gasteiger partial charge in [0.15, 0.2) is 0 Å². The number of aromatic nitrogens is 1. The second-order valence-electron chi connectivity index (χ2n) is 5.86. The molecule has 0 bridgehead atoms. The lowest BCUT2D eigenvalue weighted by Crippen LogP contribution is -2.50. The zero-order chi connectivity index (χ0) is 18.1. The molecular formula is C17H17Cl2N3O2S. The van der Waals surface area contributed by atoms with Crippen LogP contribution < -0.4 is 0 Å². The third-order valence-corrected chi connectivity index (χ3v) is 5.92. The van der Waals surface area contributed by atoms with Crippen molar-refractivity contribution in [3.63, 3.8) is 0 Å². The van der Waals surface area contributed by atoms with Gasteiger partial charge in [-0.2, -0.15) is 0 Å². The van der Waals surface area contributed by atoms with Crippen LogP contribution in [-0.4, -0.2) is 52.8 Å². The number of benzene rings is 1. The second kappa shape index (κ2) is 7.32. The number of piperazine rings is 1. The van der Waals surface area contributed by atoms with Crippen molar-refractivity contribution in [3.8, 4) is 0 Å². The summed E-state index contributed by atoms with van der Waals surface area (Å²) < 4.78 is 0. The number of amides is 2. The zero-order valence-electron chi connectivity index (χ0n) is 13.9. The van der Waals surface area contributed by atoms with Gasteiger partial charge in [0.25, 0.3) is 11.8 Å². The smallest absolute Gasteiger partial charge is 0.265 e. The van der Waals surface area contributed by atoms with E-state index < -0.39 is 0 Å². The van der Waals surface area contributed by atoms with E-state index in [1.54, 1.807) is 28.0 Å². The van der Waals surface area contributed by atoms with Crippen LogP contribution in [0.25, 0.3) is 0 Å². The first kappa shape index (κ1) is 18.2. The summed E-state index contributed by atoms with van der Waals surface area (Å²) in [4.78, 5) is 33.7. The van der Waals surface area contributed by atoms with E-state index in [1.165, 1.54) is 11.3 Å². The molecule has 132 valence electrons. The van der Waals surface area contributed by atoms with Gasteiger partial charge in [-0.25, -0.2) is 4.98 Å². The fourth-order valence-electron chi connectivity index (χ4n) is 2.80. The van der Waals surface area contributed by atoms with Gasteiger partial charge in [0, 0.05) is 31.7 Å². The molecule has 25 heavy (non-hydrogen) atoms. The predicted octanol–water partition coefficient (Wildman–Crippen LogP) is 3.66. The minimum Gasteiger partial charge on any atom is -0.335 e. The van der Waals surface area contributed by atoms with Gasteiger partial charge in [0.05, 0.1) is 20.7 Å². The molecule has 1 aromatic heterocycles. The van der Waals surface area contributed by atoms with Crippen molar-refractivity contribution >= 4 is 46.4 Å². The van der Waals surface area contributed by atoms with Crippen molar-refractivity contribution in [2.75, 3.05) is 26.2 Å². The Morgan fingerprint density at radius 2 is 1.60 bits per heavy atom. The highest BCUT2D eigenvalue weighted by Gasteiger charge is 2.27. The molecule has 1 aliphatic heterocycles. The fraction of sp³-hybridized carbons (Fsp3) is 0.353. The van der Waals surface area contributed by atoms with E-state index in [1.807, 2.05) is 13.8 Å². The SMILES string of the molecule is Cc1nc(C)c(C(=O)N2CCN(C(=O)c3ccc(Cl)c(Cl)c3)CC2)s1. The number of rotatable bonds is 2. The van der Waals surface area contributed by atoms with Crippen molar-refractivity contribution in [2.45, 2.75) is 13.8 Å². The molecule has 0 unspecified atom stereocenters. The van der Waals surface area contributed by atoms with Crippen LogP contribution in [0.3, 0.4) is 0 Å². The van der Waals surface area contributed by atoms with Crippen LogP contribution in [-0.2, 0) is 0 Å². The van der Waals surface area contributed by atoms with E-state index >= 15 is 0 Å². The van der Waals surface area contributed by atoms with Gasteiger partial charge in [0.1, 0.15) is 4.88 Å². The highest BCUT2D eigenvalue weighted by molar-refractivity contribution is 7.13. The van der Waals surface area contributed by atoms with Gasteiger partial charge in [-0.15, -0.1) is 11.3 Å². The van der Waals surface area contributed by atoms with Gasteiger partial charge in [0.2, 0.25) is 0 Å². The Balaban J connectivity index is 1.65. The average Bonchev–Trinajstić information content (AvgIpc) is 2.94. The van der Waals surface area contributed by atoms with Gasteiger partial charge < -0.3 is 9.80 Å². The predicted molar refractivity (Wildman–Crippen MR) is 99.9 cm³/mol. The van der Waals surface area contributed by atoms with E-state index in [9.17, 15) is 9.59 Å². The Morgan fingerprint density at radius 3 is 2.12 bits per heavy atom. The summed E-state index contributed by atoms with van der Waals surface area (Å²) in [6, 6.07) is 4.86. The molecule has 1 saturated heterocycles. The van der Waals surface area contributed by atoms with Crippen LogP contribution in [0.15, 0.2) is 18.2 Å². The summed E-state index contributed by atoms with van der Waals surface area (Å²) in [5.41, 5.74) is 1.27. The molecule has 0 N–H and O–H groups in total. The van der Waals surface area contributed by atoms with Gasteiger partial charge >= 0.3 is 0 Å². The molecule has 0 spiro atoms. The highest BCUT2D eigenvalue weighted by Crippen LogP contribution is 2.24. The number of nitrogens with zero attached hydrogens (tertiary/aromatic N) is 3. The number of aryl methyl sites for hydroxylation is 2. The monoisotopic (exact) mass is 397 g/mol. The lowest BCUT2D eigenvalue weighted by Gasteiger charge is -2.34. The van der Waals surface area contributed by atoms with Crippen LogP contribution in [0.1, 0.15) is 30.7 Å². The molecule has 5 nitrogen and oxygen atoms in total. The zero-order valence-corrected chi connectivity index (χ0v) is 16.2. The number of hydrogen-bond donors (Lipinski definition) is 0. The molecule has 2 amide bonds. The Kier molecular flexibility index (Phi) is 5.32. The van der Waals surface area contributed by atoms with Crippen molar-refractivity contribution < 1.29 is 9.59 Å². The molecule has 2 aromatic rings. The summed E-state index contributed by atoms with van der Waals surface area (Å²) >= 11 is 13.3. The summed E-state index contributed by atoms with van der Waals surface area (Å²) in [7, 11) is 0. The normalized spacial score (nSPS) is 14.7. The van der Waals surface area contributed by atoms with E-state index in [4.69, 9.17) is 23.2 Å². The molecule has 0 saturated carbocycles. The first-order valence-electron chi connectivity index (χ1n) is 7.84. The lowest BCUT2D eigenvalue weighted by atomic mass is 10.1. The van der Waals surface area contributed by atoms with Crippen molar-refractivity contribution in [2.24, 2.45) is 0 Å². The van der Waals surface area contributed by atoms with E-state index in [-0.39, 0.29) is 11.8 Å². The molecule has 8 heteroatoms. The van der Waals surface area contributed by atoms with Crippen molar-refractivity contribution in [3.05, 3.63) is 49.4 Å². The number of carbonyl (C=O) groups excluding carboxylic acids is 2. The number of carbonyl (C=O) groups is 2. The minimum absolute atomic E-state index is 0.00950. The Morgan fingerprint density at radius 1 is 1.00 bits per heavy atom. The molecule has 1 fully saturated rings. The largest absolute Gasteiger partial charge is 0.335 e. The van der Waals surface area contributed by atoms with Crippen LogP contribution >= 0.6 is 34.5 Å². The van der Waals surface area contributed by atoms with Gasteiger partial charge in [-0.05, 0) is 32.0 Å². The molecule has 2 heterocycles. The van der Waals surface area contributed by atoms with E-state index in [2.05, 4.69) is 4.98 Å². The Labute approximate surface area is 160 Å². The van der Waals surface area contributed by atoms with Crippen LogP contribution in [0, 0.1) is 13.8 Å². The Hall–Kier alpha value is -1.63.